The summed E-state index contributed by atoms with van der Waals surface area (Å²) in [7, 11) is 0. The van der Waals surface area contributed by atoms with E-state index < -0.39 is 0 Å². The van der Waals surface area contributed by atoms with Crippen molar-refractivity contribution < 1.29 is 19.1 Å². The molecule has 0 aliphatic carbocycles. The number of thioether (sulfide) groups is 1. The van der Waals surface area contributed by atoms with Gasteiger partial charge in [-0.05, 0) is 30.3 Å². The van der Waals surface area contributed by atoms with E-state index in [0.29, 0.717) is 27.9 Å². The normalized spacial score (nSPS) is 12.3. The smallest absolute Gasteiger partial charge is 0.232 e. The van der Waals surface area contributed by atoms with E-state index >= 15 is 0 Å². The lowest BCUT2D eigenvalue weighted by molar-refractivity contribution is -0.115. The van der Waals surface area contributed by atoms with Crippen molar-refractivity contribution in [2.75, 3.05) is 17.9 Å². The number of fused-ring (bicyclic) bond motifs is 2. The SMILES string of the molecule is O=C(Cc1csc(SCC(=O)c2ccc3c(c2)OCO3)n1)Nc1nc2ccccc2s1. The van der Waals surface area contributed by atoms with Crippen molar-refractivity contribution in [1.82, 2.24) is 9.97 Å². The minimum Gasteiger partial charge on any atom is -0.454 e. The molecule has 0 saturated carbocycles. The number of ketones is 1. The summed E-state index contributed by atoms with van der Waals surface area (Å²) in [4.78, 5) is 33.7. The van der Waals surface area contributed by atoms with Gasteiger partial charge < -0.3 is 14.8 Å². The number of carbonyl (C=O) groups is 2. The number of hydrogen-bond donors (Lipinski definition) is 1. The van der Waals surface area contributed by atoms with Crippen LogP contribution in [0.3, 0.4) is 0 Å². The van der Waals surface area contributed by atoms with Gasteiger partial charge in [0.15, 0.2) is 26.8 Å². The predicted octanol–water partition coefficient (Wildman–Crippen LogP) is 4.64. The number of Topliss-reactive ketones (excluding diaryl/α,β-unsaturated/α-hetero) is 1. The Morgan fingerprint density at radius 2 is 1.97 bits per heavy atom. The second-order valence-electron chi connectivity index (χ2n) is 6.60. The fraction of sp³-hybridized carbons (Fsp3) is 0.143. The molecule has 4 aromatic rings. The molecule has 0 atom stereocenters. The number of anilines is 1. The minimum atomic E-state index is -0.169. The van der Waals surface area contributed by atoms with Gasteiger partial charge in [-0.25, -0.2) is 9.97 Å². The van der Waals surface area contributed by atoms with Gasteiger partial charge in [-0.15, -0.1) is 11.3 Å². The monoisotopic (exact) mass is 469 g/mol. The van der Waals surface area contributed by atoms with Crippen molar-refractivity contribution in [1.29, 1.82) is 0 Å². The number of ether oxygens (including phenoxy) is 2. The average molecular weight is 470 g/mol. The number of carbonyl (C=O) groups excluding carboxylic acids is 2. The first-order chi connectivity index (χ1) is 15.1. The number of para-hydroxylation sites is 1. The van der Waals surface area contributed by atoms with E-state index in [1.54, 1.807) is 18.2 Å². The molecule has 1 amide bonds. The van der Waals surface area contributed by atoms with Crippen LogP contribution in [-0.4, -0.2) is 34.2 Å². The zero-order valence-electron chi connectivity index (χ0n) is 16.0. The predicted molar refractivity (Wildman–Crippen MR) is 122 cm³/mol. The van der Waals surface area contributed by atoms with Crippen LogP contribution in [0, 0.1) is 0 Å². The summed E-state index contributed by atoms with van der Waals surface area (Å²) in [6.07, 6.45) is 0.156. The van der Waals surface area contributed by atoms with Gasteiger partial charge in [0.2, 0.25) is 12.7 Å². The number of thiazole rings is 2. The van der Waals surface area contributed by atoms with Crippen LogP contribution in [0.5, 0.6) is 11.5 Å². The number of nitrogens with one attached hydrogen (secondary N) is 1. The molecule has 0 saturated heterocycles. The van der Waals surface area contributed by atoms with E-state index in [9.17, 15) is 9.59 Å². The Morgan fingerprint density at radius 3 is 2.87 bits per heavy atom. The number of hydrogen-bond acceptors (Lipinski definition) is 9. The van der Waals surface area contributed by atoms with Crippen LogP contribution in [0.2, 0.25) is 0 Å². The van der Waals surface area contributed by atoms with Gasteiger partial charge in [0.25, 0.3) is 0 Å². The zero-order valence-corrected chi connectivity index (χ0v) is 18.4. The maximum atomic E-state index is 12.5. The molecule has 31 heavy (non-hydrogen) atoms. The fourth-order valence-corrected chi connectivity index (χ4v) is 5.59. The van der Waals surface area contributed by atoms with Crippen molar-refractivity contribution >= 4 is 61.5 Å². The van der Waals surface area contributed by atoms with Crippen molar-refractivity contribution in [3.63, 3.8) is 0 Å². The molecule has 10 heteroatoms. The van der Waals surface area contributed by atoms with Gasteiger partial charge in [0, 0.05) is 10.9 Å². The first kappa shape index (κ1) is 20.0. The summed E-state index contributed by atoms with van der Waals surface area (Å²) in [5.41, 5.74) is 2.10. The lowest BCUT2D eigenvalue weighted by Crippen LogP contribution is -2.14. The third kappa shape index (κ3) is 4.55. The summed E-state index contributed by atoms with van der Waals surface area (Å²) >= 11 is 4.21. The second-order valence-corrected chi connectivity index (χ2v) is 9.71. The van der Waals surface area contributed by atoms with Crippen LogP contribution in [0.25, 0.3) is 10.2 Å². The second kappa shape index (κ2) is 8.66. The molecule has 7 nitrogen and oxygen atoms in total. The lowest BCUT2D eigenvalue weighted by atomic mass is 10.1. The molecule has 0 fully saturated rings. The van der Waals surface area contributed by atoms with Crippen LogP contribution < -0.4 is 14.8 Å². The molecule has 0 radical (unpaired) electrons. The molecule has 1 aliphatic rings. The summed E-state index contributed by atoms with van der Waals surface area (Å²) in [5.74, 6) is 1.31. The lowest BCUT2D eigenvalue weighted by Gasteiger charge is -2.01. The summed E-state index contributed by atoms with van der Waals surface area (Å²) in [6, 6.07) is 12.9. The highest BCUT2D eigenvalue weighted by molar-refractivity contribution is 8.01. The molecular weight excluding hydrogens is 454 g/mol. The molecule has 156 valence electrons. The zero-order chi connectivity index (χ0) is 21.2. The van der Waals surface area contributed by atoms with Gasteiger partial charge in [0.1, 0.15) is 0 Å². The van der Waals surface area contributed by atoms with Crippen molar-refractivity contribution in [2.24, 2.45) is 0 Å². The summed E-state index contributed by atoms with van der Waals surface area (Å²) in [5, 5.41) is 5.24. The van der Waals surface area contributed by atoms with Crippen LogP contribution in [0.4, 0.5) is 5.13 Å². The Kier molecular flexibility index (Phi) is 5.58. The van der Waals surface area contributed by atoms with E-state index in [1.807, 2.05) is 29.6 Å². The molecular formula is C21H15N3O4S3. The van der Waals surface area contributed by atoms with E-state index in [4.69, 9.17) is 9.47 Å². The molecule has 2 aromatic carbocycles. The van der Waals surface area contributed by atoms with Crippen molar-refractivity contribution in [3.05, 3.63) is 59.1 Å². The van der Waals surface area contributed by atoms with Crippen molar-refractivity contribution in [2.45, 2.75) is 10.8 Å². The molecule has 1 aliphatic heterocycles. The van der Waals surface area contributed by atoms with Crippen LogP contribution in [0.1, 0.15) is 16.1 Å². The molecule has 0 spiro atoms. The van der Waals surface area contributed by atoms with E-state index in [2.05, 4.69) is 15.3 Å². The Morgan fingerprint density at radius 1 is 1.10 bits per heavy atom. The number of amides is 1. The Balaban J connectivity index is 1.15. The van der Waals surface area contributed by atoms with Crippen LogP contribution >= 0.6 is 34.4 Å². The molecule has 3 heterocycles. The number of aromatic nitrogens is 2. The highest BCUT2D eigenvalue weighted by Gasteiger charge is 2.17. The maximum Gasteiger partial charge on any atom is 0.232 e. The third-order valence-corrected chi connectivity index (χ3v) is 7.46. The van der Waals surface area contributed by atoms with E-state index in [-0.39, 0.29) is 30.7 Å². The highest BCUT2D eigenvalue weighted by atomic mass is 32.2. The van der Waals surface area contributed by atoms with Gasteiger partial charge in [-0.1, -0.05) is 35.2 Å². The molecule has 5 rings (SSSR count). The number of benzene rings is 2. The van der Waals surface area contributed by atoms with E-state index in [1.165, 1.54) is 34.4 Å². The van der Waals surface area contributed by atoms with Crippen LogP contribution in [-0.2, 0) is 11.2 Å². The minimum absolute atomic E-state index is 0.0198. The van der Waals surface area contributed by atoms with Crippen molar-refractivity contribution in [3.8, 4) is 11.5 Å². The standard InChI is InChI=1S/C21H15N3O4S3/c25-15(12-5-6-16-17(7-12)28-11-27-16)10-30-21-22-13(9-29-21)8-19(26)24-20-23-14-3-1-2-4-18(14)31-20/h1-7,9H,8,10-11H2,(H,23,24,26). The largest absolute Gasteiger partial charge is 0.454 e. The maximum absolute atomic E-state index is 12.5. The van der Waals surface area contributed by atoms with Gasteiger partial charge >= 0.3 is 0 Å². The molecule has 1 N–H and O–H groups in total. The summed E-state index contributed by atoms with van der Waals surface area (Å²) < 4.78 is 12.4. The molecule has 0 unspecified atom stereocenters. The average Bonchev–Trinajstić information content (AvgIpc) is 3.50. The van der Waals surface area contributed by atoms with E-state index in [0.717, 1.165) is 14.6 Å². The summed E-state index contributed by atoms with van der Waals surface area (Å²) in [6.45, 7) is 0.177. The number of nitrogens with zero attached hydrogens (tertiary/aromatic N) is 2. The topological polar surface area (TPSA) is 90.4 Å². The molecule has 2 aromatic heterocycles. The first-order valence-electron chi connectivity index (χ1n) is 9.29. The fourth-order valence-electron chi connectivity index (χ4n) is 2.97. The van der Waals surface area contributed by atoms with Crippen LogP contribution in [0.15, 0.2) is 52.2 Å². The quantitative estimate of drug-likeness (QED) is 0.311. The highest BCUT2D eigenvalue weighted by Crippen LogP contribution is 2.33. The number of rotatable bonds is 7. The Bertz CT molecular complexity index is 1250. The Labute approximate surface area is 189 Å². The Hall–Kier alpha value is -2.95. The van der Waals surface area contributed by atoms with Gasteiger partial charge in [-0.2, -0.15) is 0 Å². The van der Waals surface area contributed by atoms with Gasteiger partial charge in [0.05, 0.1) is 28.1 Å². The molecule has 0 bridgehead atoms. The third-order valence-electron chi connectivity index (χ3n) is 4.43. The first-order valence-corrected chi connectivity index (χ1v) is 12.0. The van der Waals surface area contributed by atoms with Gasteiger partial charge in [-0.3, -0.25) is 9.59 Å².